The van der Waals surface area contributed by atoms with E-state index < -0.39 is 0 Å². The normalized spacial score (nSPS) is 9.83. The average Bonchev–Trinajstić information content (AvgIpc) is 2.38. The van der Waals surface area contributed by atoms with Crippen LogP contribution in [0, 0.1) is 18.3 Å². The molecule has 2 rings (SSSR count). The van der Waals surface area contributed by atoms with E-state index in [1.54, 1.807) is 12.1 Å². The van der Waals surface area contributed by atoms with Crippen molar-refractivity contribution in [1.82, 2.24) is 4.98 Å². The van der Waals surface area contributed by atoms with Crippen LogP contribution in [0.4, 0.5) is 0 Å². The highest BCUT2D eigenvalue weighted by molar-refractivity contribution is 5.37. The molecule has 0 radical (unpaired) electrons. The third kappa shape index (κ3) is 2.84. The van der Waals surface area contributed by atoms with Crippen molar-refractivity contribution in [2.24, 2.45) is 5.73 Å². The number of ether oxygens (including phenoxy) is 1. The van der Waals surface area contributed by atoms with Gasteiger partial charge >= 0.3 is 0 Å². The monoisotopic (exact) mass is 239 g/mol. The highest BCUT2D eigenvalue weighted by Crippen LogP contribution is 2.21. The van der Waals surface area contributed by atoms with E-state index in [1.165, 1.54) is 0 Å². The summed E-state index contributed by atoms with van der Waals surface area (Å²) in [6, 6.07) is 12.9. The van der Waals surface area contributed by atoms with Crippen LogP contribution in [0.15, 0.2) is 36.4 Å². The zero-order valence-corrected chi connectivity index (χ0v) is 10.1. The molecule has 0 aliphatic carbocycles. The van der Waals surface area contributed by atoms with Gasteiger partial charge in [0.25, 0.3) is 0 Å². The largest absolute Gasteiger partial charge is 0.439 e. The molecule has 1 aromatic carbocycles. The van der Waals surface area contributed by atoms with Gasteiger partial charge in [-0.3, -0.25) is 0 Å². The molecule has 0 atom stereocenters. The lowest BCUT2D eigenvalue weighted by Crippen LogP contribution is -1.97. The molecule has 4 heteroatoms. The van der Waals surface area contributed by atoms with Gasteiger partial charge in [-0.15, -0.1) is 0 Å². The summed E-state index contributed by atoms with van der Waals surface area (Å²) in [6.07, 6.45) is 0. The van der Waals surface area contributed by atoms with E-state index in [0.717, 1.165) is 11.3 Å². The minimum absolute atomic E-state index is 0.417. The Bertz CT molecular complexity index is 602. The molecule has 90 valence electrons. The molecule has 0 amide bonds. The Balaban J connectivity index is 2.28. The molecule has 2 aromatic rings. The Hall–Kier alpha value is -2.38. The number of nitriles is 1. The van der Waals surface area contributed by atoms with Crippen LogP contribution in [0.25, 0.3) is 0 Å². The first kappa shape index (κ1) is 12.1. The maximum atomic E-state index is 8.88. The zero-order valence-electron chi connectivity index (χ0n) is 10.1. The number of benzene rings is 1. The molecule has 2 N–H and O–H groups in total. The summed E-state index contributed by atoms with van der Waals surface area (Å²) in [5.41, 5.74) is 7.84. The lowest BCUT2D eigenvalue weighted by Gasteiger charge is -2.07. The maximum Gasteiger partial charge on any atom is 0.220 e. The van der Waals surface area contributed by atoms with Crippen LogP contribution in [0.2, 0.25) is 0 Å². The molecule has 1 heterocycles. The average molecular weight is 239 g/mol. The fourth-order valence-electron chi connectivity index (χ4n) is 1.61. The van der Waals surface area contributed by atoms with Crippen LogP contribution in [0.5, 0.6) is 11.6 Å². The minimum Gasteiger partial charge on any atom is -0.439 e. The van der Waals surface area contributed by atoms with Gasteiger partial charge in [0.05, 0.1) is 11.6 Å². The first-order valence-electron chi connectivity index (χ1n) is 5.57. The standard InChI is InChI=1S/C14H13N3O/c1-10-5-12(9-16)7-14(17-10)18-13-4-2-3-11(6-13)8-15/h2-7H,8,15H2,1H3. The van der Waals surface area contributed by atoms with E-state index in [2.05, 4.69) is 11.1 Å². The molecule has 0 fully saturated rings. The molecule has 0 unspecified atom stereocenters. The second-order valence-electron chi connectivity index (χ2n) is 3.90. The summed E-state index contributed by atoms with van der Waals surface area (Å²) in [7, 11) is 0. The predicted octanol–water partition coefficient (Wildman–Crippen LogP) is 2.51. The predicted molar refractivity (Wildman–Crippen MR) is 68.1 cm³/mol. The van der Waals surface area contributed by atoms with Crippen molar-refractivity contribution in [2.75, 3.05) is 0 Å². The Labute approximate surface area is 106 Å². The van der Waals surface area contributed by atoms with Crippen LogP contribution in [0.1, 0.15) is 16.8 Å². The zero-order chi connectivity index (χ0) is 13.0. The van der Waals surface area contributed by atoms with Gasteiger partial charge in [-0.1, -0.05) is 12.1 Å². The molecule has 0 aliphatic rings. The number of pyridine rings is 1. The highest BCUT2D eigenvalue weighted by atomic mass is 16.5. The van der Waals surface area contributed by atoms with Gasteiger partial charge in [-0.2, -0.15) is 5.26 Å². The first-order valence-corrected chi connectivity index (χ1v) is 5.57. The summed E-state index contributed by atoms with van der Waals surface area (Å²) >= 11 is 0. The molecule has 0 saturated heterocycles. The third-order valence-electron chi connectivity index (χ3n) is 2.42. The smallest absolute Gasteiger partial charge is 0.220 e. The number of aromatic nitrogens is 1. The summed E-state index contributed by atoms with van der Waals surface area (Å²) in [4.78, 5) is 4.23. The number of rotatable bonds is 3. The van der Waals surface area contributed by atoms with Gasteiger partial charge in [-0.25, -0.2) is 4.98 Å². The number of aryl methyl sites for hydroxylation is 1. The van der Waals surface area contributed by atoms with E-state index in [-0.39, 0.29) is 0 Å². The summed E-state index contributed by atoms with van der Waals surface area (Å²) in [6.45, 7) is 2.28. The quantitative estimate of drug-likeness (QED) is 0.893. The number of nitrogens with zero attached hydrogens (tertiary/aromatic N) is 2. The number of hydrogen-bond acceptors (Lipinski definition) is 4. The maximum absolute atomic E-state index is 8.88. The van der Waals surface area contributed by atoms with E-state index >= 15 is 0 Å². The molecule has 0 spiro atoms. The van der Waals surface area contributed by atoms with Gasteiger partial charge in [0.1, 0.15) is 5.75 Å². The van der Waals surface area contributed by atoms with Crippen LogP contribution < -0.4 is 10.5 Å². The van der Waals surface area contributed by atoms with Gasteiger partial charge in [-0.05, 0) is 30.7 Å². The van der Waals surface area contributed by atoms with Crippen molar-refractivity contribution in [3.63, 3.8) is 0 Å². The van der Waals surface area contributed by atoms with Crippen molar-refractivity contribution >= 4 is 0 Å². The minimum atomic E-state index is 0.417. The molecule has 0 saturated carbocycles. The third-order valence-corrected chi connectivity index (χ3v) is 2.42. The second kappa shape index (κ2) is 5.30. The van der Waals surface area contributed by atoms with Gasteiger partial charge < -0.3 is 10.5 Å². The van der Waals surface area contributed by atoms with E-state index in [9.17, 15) is 0 Å². The van der Waals surface area contributed by atoms with Crippen molar-refractivity contribution < 1.29 is 4.74 Å². The van der Waals surface area contributed by atoms with E-state index in [4.69, 9.17) is 15.7 Å². The van der Waals surface area contributed by atoms with E-state index in [0.29, 0.717) is 23.7 Å². The molecule has 0 aliphatic heterocycles. The topological polar surface area (TPSA) is 71.9 Å². The highest BCUT2D eigenvalue weighted by Gasteiger charge is 2.03. The fourth-order valence-corrected chi connectivity index (χ4v) is 1.61. The van der Waals surface area contributed by atoms with Crippen molar-refractivity contribution in [2.45, 2.75) is 13.5 Å². The van der Waals surface area contributed by atoms with Crippen LogP contribution in [-0.4, -0.2) is 4.98 Å². The van der Waals surface area contributed by atoms with E-state index in [1.807, 2.05) is 31.2 Å². The summed E-state index contributed by atoms with van der Waals surface area (Å²) < 4.78 is 5.63. The Morgan fingerprint density at radius 2 is 2.17 bits per heavy atom. The van der Waals surface area contributed by atoms with Crippen molar-refractivity contribution in [1.29, 1.82) is 5.26 Å². The molecular weight excluding hydrogens is 226 g/mol. The number of hydrogen-bond donors (Lipinski definition) is 1. The molecule has 1 aromatic heterocycles. The lowest BCUT2D eigenvalue weighted by molar-refractivity contribution is 0.461. The fraction of sp³-hybridized carbons (Fsp3) is 0.143. The number of nitrogens with two attached hydrogens (primary N) is 1. The first-order chi connectivity index (χ1) is 8.71. The Morgan fingerprint density at radius 1 is 1.33 bits per heavy atom. The van der Waals surface area contributed by atoms with Crippen LogP contribution in [0.3, 0.4) is 0 Å². The van der Waals surface area contributed by atoms with Gasteiger partial charge in [0, 0.05) is 18.3 Å². The van der Waals surface area contributed by atoms with Crippen LogP contribution in [-0.2, 0) is 6.54 Å². The Morgan fingerprint density at radius 3 is 2.89 bits per heavy atom. The van der Waals surface area contributed by atoms with Crippen molar-refractivity contribution in [3.05, 3.63) is 53.2 Å². The Kier molecular flexibility index (Phi) is 3.56. The summed E-state index contributed by atoms with van der Waals surface area (Å²) in [5, 5.41) is 8.88. The SMILES string of the molecule is Cc1cc(C#N)cc(Oc2cccc(CN)c2)n1. The second-order valence-corrected chi connectivity index (χ2v) is 3.90. The molecule has 18 heavy (non-hydrogen) atoms. The van der Waals surface area contributed by atoms with Crippen LogP contribution >= 0.6 is 0 Å². The molecule has 0 bridgehead atoms. The molecule has 4 nitrogen and oxygen atoms in total. The summed E-state index contributed by atoms with van der Waals surface area (Å²) in [5.74, 6) is 1.08. The van der Waals surface area contributed by atoms with Gasteiger partial charge in [0.2, 0.25) is 5.88 Å². The van der Waals surface area contributed by atoms with Crippen molar-refractivity contribution in [3.8, 4) is 17.7 Å². The lowest BCUT2D eigenvalue weighted by atomic mass is 10.2. The molecular formula is C14H13N3O. The van der Waals surface area contributed by atoms with Gasteiger partial charge in [0.15, 0.2) is 0 Å².